The van der Waals surface area contributed by atoms with Gasteiger partial charge in [0.2, 0.25) is 0 Å². The Morgan fingerprint density at radius 2 is 1.29 bits per heavy atom. The summed E-state index contributed by atoms with van der Waals surface area (Å²) in [5.74, 6) is 4.75. The second kappa shape index (κ2) is 9.74. The summed E-state index contributed by atoms with van der Waals surface area (Å²) >= 11 is 8.28. The van der Waals surface area contributed by atoms with E-state index >= 15 is 0 Å². The van der Waals surface area contributed by atoms with Gasteiger partial charge in [-0.25, -0.2) is 0 Å². The lowest BCUT2D eigenvalue weighted by Gasteiger charge is -2.47. The number of aliphatic hydroxyl groups excluding tert-OH is 1. The molecule has 0 radical (unpaired) electrons. The van der Waals surface area contributed by atoms with Crippen molar-refractivity contribution in [3.05, 3.63) is 71.8 Å². The van der Waals surface area contributed by atoms with E-state index in [4.69, 9.17) is 0 Å². The summed E-state index contributed by atoms with van der Waals surface area (Å²) in [6.45, 7) is 0. The van der Waals surface area contributed by atoms with Crippen LogP contribution in [0.3, 0.4) is 0 Å². The van der Waals surface area contributed by atoms with Crippen LogP contribution in [0.2, 0.25) is 0 Å². The predicted octanol–water partition coefficient (Wildman–Crippen LogP) is 6.49. The summed E-state index contributed by atoms with van der Waals surface area (Å²) in [6.07, 6.45) is 4.22. The lowest BCUT2D eigenvalue weighted by atomic mass is 9.99. The average Bonchev–Trinajstić information content (AvgIpc) is 2.76. The Kier molecular flexibility index (Phi) is 7.32. The van der Waals surface area contributed by atoms with Crippen LogP contribution in [0.15, 0.2) is 60.7 Å². The Morgan fingerprint density at radius 3 is 1.89 bits per heavy atom. The highest BCUT2D eigenvalue weighted by atomic mass is 32.2. The van der Waals surface area contributed by atoms with Crippen LogP contribution in [0.4, 0.5) is 0 Å². The van der Waals surface area contributed by atoms with E-state index in [2.05, 4.69) is 66.0 Å². The molecule has 2 saturated heterocycles. The van der Waals surface area contributed by atoms with Gasteiger partial charge in [-0.2, -0.15) is 0 Å². The molecular formula is C23H28OS4. The summed E-state index contributed by atoms with van der Waals surface area (Å²) in [4.78, 5) is 0. The zero-order chi connectivity index (χ0) is 19.3. The van der Waals surface area contributed by atoms with Crippen molar-refractivity contribution in [2.24, 2.45) is 0 Å². The first kappa shape index (κ1) is 21.0. The van der Waals surface area contributed by atoms with Gasteiger partial charge in [0.25, 0.3) is 0 Å². The maximum absolute atomic E-state index is 11.5. The Morgan fingerprint density at radius 1 is 0.750 bits per heavy atom. The van der Waals surface area contributed by atoms with Gasteiger partial charge < -0.3 is 5.11 Å². The first-order valence-corrected chi connectivity index (χ1v) is 14.0. The maximum Gasteiger partial charge on any atom is 0.103 e. The van der Waals surface area contributed by atoms with Crippen molar-refractivity contribution < 1.29 is 5.11 Å². The van der Waals surface area contributed by atoms with Crippen molar-refractivity contribution in [3.63, 3.8) is 0 Å². The van der Waals surface area contributed by atoms with E-state index < -0.39 is 6.10 Å². The molecule has 0 aromatic heterocycles. The Hall–Kier alpha value is -0.200. The molecule has 2 aliphatic rings. The number of thioether (sulfide) groups is 4. The van der Waals surface area contributed by atoms with Crippen molar-refractivity contribution in [3.8, 4) is 0 Å². The molecule has 1 unspecified atom stereocenters. The van der Waals surface area contributed by atoms with Gasteiger partial charge in [-0.1, -0.05) is 60.7 Å². The number of rotatable bonds is 6. The summed E-state index contributed by atoms with van der Waals surface area (Å²) in [5, 5.41) is 11.5. The Labute approximate surface area is 186 Å². The van der Waals surface area contributed by atoms with Crippen molar-refractivity contribution in [1.29, 1.82) is 0 Å². The van der Waals surface area contributed by atoms with Crippen LogP contribution < -0.4 is 0 Å². The zero-order valence-corrected chi connectivity index (χ0v) is 19.4. The summed E-state index contributed by atoms with van der Waals surface area (Å²) < 4.78 is -0.0154. The summed E-state index contributed by atoms with van der Waals surface area (Å²) in [6, 6.07) is 21.2. The van der Waals surface area contributed by atoms with Crippen molar-refractivity contribution >= 4 is 47.0 Å². The third-order valence-corrected chi connectivity index (χ3v) is 12.1. The highest BCUT2D eigenvalue weighted by molar-refractivity contribution is 8.20. The van der Waals surface area contributed by atoms with Crippen molar-refractivity contribution in [2.45, 2.75) is 39.9 Å². The molecule has 2 fully saturated rings. The minimum Gasteiger partial charge on any atom is -0.386 e. The van der Waals surface area contributed by atoms with Gasteiger partial charge in [0.05, 0.1) is 8.16 Å². The van der Waals surface area contributed by atoms with E-state index in [1.807, 2.05) is 41.7 Å². The molecule has 28 heavy (non-hydrogen) atoms. The molecule has 0 spiro atoms. The molecule has 1 atom stereocenters. The number of aliphatic hydroxyl groups is 1. The van der Waals surface area contributed by atoms with E-state index in [-0.39, 0.29) is 8.16 Å². The fraction of sp³-hybridized carbons (Fsp3) is 0.478. The first-order chi connectivity index (χ1) is 13.7. The number of hydrogen-bond donors (Lipinski definition) is 1. The third-order valence-electron chi connectivity index (χ3n) is 5.36. The smallest absolute Gasteiger partial charge is 0.103 e. The van der Waals surface area contributed by atoms with Crippen molar-refractivity contribution in [2.75, 3.05) is 23.0 Å². The van der Waals surface area contributed by atoms with Gasteiger partial charge in [0.15, 0.2) is 0 Å². The molecule has 0 bridgehead atoms. The topological polar surface area (TPSA) is 20.2 Å². The maximum atomic E-state index is 11.5. The monoisotopic (exact) mass is 448 g/mol. The van der Waals surface area contributed by atoms with Gasteiger partial charge in [0.1, 0.15) is 6.10 Å². The number of hydrogen-bond acceptors (Lipinski definition) is 5. The van der Waals surface area contributed by atoms with E-state index in [0.717, 1.165) is 29.9 Å². The largest absolute Gasteiger partial charge is 0.386 e. The van der Waals surface area contributed by atoms with Gasteiger partial charge >= 0.3 is 0 Å². The minimum absolute atomic E-state index is 0.146. The first-order valence-electron chi connectivity index (χ1n) is 10.0. The highest BCUT2D eigenvalue weighted by Crippen LogP contribution is 2.60. The van der Waals surface area contributed by atoms with E-state index in [1.54, 1.807) is 0 Å². The molecule has 0 saturated carbocycles. The number of benzene rings is 2. The normalized spacial score (nSPS) is 22.5. The highest BCUT2D eigenvalue weighted by Gasteiger charge is 2.49. The van der Waals surface area contributed by atoms with Gasteiger partial charge in [-0.05, 0) is 59.8 Å². The lowest BCUT2D eigenvalue weighted by Crippen LogP contribution is -2.42. The zero-order valence-electron chi connectivity index (χ0n) is 16.1. The lowest BCUT2D eigenvalue weighted by molar-refractivity contribution is 0.158. The molecule has 0 amide bonds. The second-order valence-corrected chi connectivity index (χ2v) is 13.8. The van der Waals surface area contributed by atoms with Crippen LogP contribution in [0.5, 0.6) is 0 Å². The predicted molar refractivity (Wildman–Crippen MR) is 131 cm³/mol. The quantitative estimate of drug-likeness (QED) is 0.543. The molecule has 1 N–H and O–H groups in total. The molecule has 1 nitrogen and oxygen atoms in total. The van der Waals surface area contributed by atoms with E-state index in [0.29, 0.717) is 0 Å². The van der Waals surface area contributed by atoms with Crippen LogP contribution in [-0.2, 0) is 6.42 Å². The Bertz CT molecular complexity index is 725. The van der Waals surface area contributed by atoms with Gasteiger partial charge in [-0.3, -0.25) is 0 Å². The molecular weight excluding hydrogens is 421 g/mol. The molecule has 5 heteroatoms. The molecule has 2 aromatic carbocycles. The van der Waals surface area contributed by atoms with Gasteiger partial charge in [0, 0.05) is 0 Å². The second-order valence-electron chi connectivity index (χ2n) is 7.48. The van der Waals surface area contributed by atoms with E-state index in [1.165, 1.54) is 29.9 Å². The van der Waals surface area contributed by atoms with Gasteiger partial charge in [-0.15, -0.1) is 47.0 Å². The van der Waals surface area contributed by atoms with E-state index in [9.17, 15) is 5.11 Å². The van der Waals surface area contributed by atoms with Crippen LogP contribution in [0, 0.1) is 0 Å². The average molecular weight is 449 g/mol. The molecule has 2 aliphatic heterocycles. The van der Waals surface area contributed by atoms with Crippen LogP contribution in [-0.4, -0.2) is 36.3 Å². The SMILES string of the molecule is OC(c1ccccc1)C1(CC2(Cc3ccccc3)SCCCS2)SCCCS1. The standard InChI is InChI=1S/C23H28OS4/c24-21(20-11-5-2-6-12-20)23(27-15-8-16-28-23)18-22(25-13-7-14-26-22)17-19-9-3-1-4-10-19/h1-6,9-12,21,24H,7-8,13-18H2. The summed E-state index contributed by atoms with van der Waals surface area (Å²) in [5.41, 5.74) is 2.48. The third kappa shape index (κ3) is 4.92. The van der Waals surface area contributed by atoms with Crippen LogP contribution in [0.1, 0.15) is 36.5 Å². The minimum atomic E-state index is -0.431. The molecule has 0 aliphatic carbocycles. The summed E-state index contributed by atoms with van der Waals surface area (Å²) in [7, 11) is 0. The molecule has 150 valence electrons. The van der Waals surface area contributed by atoms with Crippen LogP contribution in [0.25, 0.3) is 0 Å². The molecule has 2 aromatic rings. The van der Waals surface area contributed by atoms with Crippen LogP contribution >= 0.6 is 47.0 Å². The molecule has 2 heterocycles. The molecule has 4 rings (SSSR count). The van der Waals surface area contributed by atoms with Crippen molar-refractivity contribution in [1.82, 2.24) is 0 Å². The Balaban J connectivity index is 1.64. The fourth-order valence-corrected chi connectivity index (χ4v) is 11.5. The fourth-order valence-electron chi connectivity index (χ4n) is 4.00.